The molecule has 2 N–H and O–H groups in total. The van der Waals surface area contributed by atoms with Crippen molar-refractivity contribution in [3.05, 3.63) is 29.8 Å². The Balaban J connectivity index is 2.50. The third-order valence-electron chi connectivity index (χ3n) is 2.73. The van der Waals surface area contributed by atoms with Gasteiger partial charge in [-0.15, -0.1) is 13.2 Å². The molecule has 0 heterocycles. The van der Waals surface area contributed by atoms with Gasteiger partial charge in [0.15, 0.2) is 5.11 Å². The Kier molecular flexibility index (Phi) is 7.72. The molecule has 0 atom stereocenters. The number of alkyl halides is 3. The molecule has 0 spiro atoms. The highest BCUT2D eigenvalue weighted by atomic mass is 32.1. The van der Waals surface area contributed by atoms with Gasteiger partial charge in [-0.25, -0.2) is 0 Å². The highest BCUT2D eigenvalue weighted by molar-refractivity contribution is 7.80. The van der Waals surface area contributed by atoms with Crippen LogP contribution in [0.4, 0.5) is 13.2 Å². The number of hydrogen-bond acceptors (Lipinski definition) is 4. The molecule has 1 amide bonds. The van der Waals surface area contributed by atoms with Crippen LogP contribution in [0, 0.1) is 0 Å². The average molecular weight is 365 g/mol. The number of carbonyl (C=O) groups is 1. The Hall–Kier alpha value is -2.07. The van der Waals surface area contributed by atoms with Gasteiger partial charge < -0.3 is 14.8 Å². The molecule has 0 bridgehead atoms. The second-order valence-electron chi connectivity index (χ2n) is 4.65. The normalized spacial score (nSPS) is 10.9. The van der Waals surface area contributed by atoms with Crippen LogP contribution in [0.1, 0.15) is 16.8 Å². The Bertz CT molecular complexity index is 552. The summed E-state index contributed by atoms with van der Waals surface area (Å²) in [6, 6.07) is 4.56. The van der Waals surface area contributed by atoms with E-state index >= 15 is 0 Å². The Morgan fingerprint density at radius 1 is 1.29 bits per heavy atom. The van der Waals surface area contributed by atoms with E-state index in [0.717, 1.165) is 18.6 Å². The van der Waals surface area contributed by atoms with Gasteiger partial charge in [-0.1, -0.05) is 0 Å². The van der Waals surface area contributed by atoms with E-state index in [4.69, 9.17) is 17.0 Å². The Morgan fingerprint density at radius 3 is 2.46 bits per heavy atom. The van der Waals surface area contributed by atoms with Crippen LogP contribution >= 0.6 is 12.2 Å². The average Bonchev–Trinajstić information content (AvgIpc) is 2.50. The zero-order valence-corrected chi connectivity index (χ0v) is 14.0. The van der Waals surface area contributed by atoms with E-state index in [9.17, 15) is 18.0 Å². The van der Waals surface area contributed by atoms with Gasteiger partial charge in [0.1, 0.15) is 5.75 Å². The van der Waals surface area contributed by atoms with Gasteiger partial charge in [-0.05, 0) is 42.9 Å². The molecule has 0 radical (unpaired) electrons. The molecule has 134 valence electrons. The predicted molar refractivity (Wildman–Crippen MR) is 85.4 cm³/mol. The monoisotopic (exact) mass is 365 g/mol. The Morgan fingerprint density at radius 2 is 1.92 bits per heavy atom. The first-order chi connectivity index (χ1) is 11.2. The molecule has 0 unspecified atom stereocenters. The van der Waals surface area contributed by atoms with E-state index in [2.05, 4.69) is 15.5 Å². The number of rotatable bonds is 6. The SMILES string of the molecule is COCCCNC(=S)N(C)NC(=O)c1ccc(OC(F)(F)F)cc1. The van der Waals surface area contributed by atoms with Crippen molar-refractivity contribution in [1.29, 1.82) is 0 Å². The molecule has 1 aromatic rings. The predicted octanol–water partition coefficient (Wildman–Crippen LogP) is 2.07. The molecule has 0 saturated carbocycles. The lowest BCUT2D eigenvalue weighted by atomic mass is 10.2. The number of carbonyl (C=O) groups excluding carboxylic acids is 1. The van der Waals surface area contributed by atoms with Gasteiger partial charge in [0.05, 0.1) is 0 Å². The molecule has 1 aromatic carbocycles. The van der Waals surface area contributed by atoms with Crippen molar-refractivity contribution in [3.63, 3.8) is 0 Å². The van der Waals surface area contributed by atoms with Crippen molar-refractivity contribution >= 4 is 23.2 Å². The lowest BCUT2D eigenvalue weighted by Gasteiger charge is -2.21. The van der Waals surface area contributed by atoms with E-state index in [-0.39, 0.29) is 5.56 Å². The summed E-state index contributed by atoms with van der Waals surface area (Å²) in [6.07, 6.45) is -4.02. The molecule has 24 heavy (non-hydrogen) atoms. The first-order valence-electron chi connectivity index (χ1n) is 6.90. The van der Waals surface area contributed by atoms with Gasteiger partial charge >= 0.3 is 6.36 Å². The second kappa shape index (κ2) is 9.28. The van der Waals surface area contributed by atoms with E-state index in [1.165, 1.54) is 17.1 Å². The van der Waals surface area contributed by atoms with Gasteiger partial charge in [0.2, 0.25) is 0 Å². The molecular weight excluding hydrogens is 347 g/mol. The minimum atomic E-state index is -4.77. The van der Waals surface area contributed by atoms with Crippen LogP contribution < -0.4 is 15.5 Å². The molecule has 0 aliphatic carbocycles. The van der Waals surface area contributed by atoms with E-state index in [1.807, 2.05) is 0 Å². The minimum Gasteiger partial charge on any atom is -0.406 e. The number of hydrogen-bond donors (Lipinski definition) is 2. The summed E-state index contributed by atoms with van der Waals surface area (Å²) in [4.78, 5) is 12.0. The number of ether oxygens (including phenoxy) is 2. The first kappa shape index (κ1) is 20.0. The van der Waals surface area contributed by atoms with Crippen LogP contribution in [-0.4, -0.2) is 49.7 Å². The van der Waals surface area contributed by atoms with Crippen molar-refractivity contribution < 1.29 is 27.4 Å². The third-order valence-corrected chi connectivity index (χ3v) is 3.14. The van der Waals surface area contributed by atoms with Gasteiger partial charge in [-0.2, -0.15) is 0 Å². The number of halogens is 3. The number of methoxy groups -OCH3 is 1. The van der Waals surface area contributed by atoms with Crippen LogP contribution in [0.5, 0.6) is 5.75 Å². The fraction of sp³-hybridized carbons (Fsp3) is 0.429. The maximum absolute atomic E-state index is 12.1. The quantitative estimate of drug-likeness (QED) is 0.457. The lowest BCUT2D eigenvalue weighted by molar-refractivity contribution is -0.274. The minimum absolute atomic E-state index is 0.165. The van der Waals surface area contributed by atoms with Gasteiger partial charge in [-0.3, -0.25) is 15.2 Å². The molecule has 1 rings (SSSR count). The zero-order chi connectivity index (χ0) is 18.2. The van der Waals surface area contributed by atoms with Crippen LogP contribution in [0.15, 0.2) is 24.3 Å². The fourth-order valence-corrected chi connectivity index (χ4v) is 1.75. The molecule has 10 heteroatoms. The van der Waals surface area contributed by atoms with Crippen LogP contribution in [0.25, 0.3) is 0 Å². The Labute approximate surface area is 142 Å². The van der Waals surface area contributed by atoms with E-state index < -0.39 is 18.0 Å². The summed E-state index contributed by atoms with van der Waals surface area (Å²) in [5.74, 6) is -0.917. The number of benzene rings is 1. The van der Waals surface area contributed by atoms with Crippen molar-refractivity contribution in [1.82, 2.24) is 15.8 Å². The van der Waals surface area contributed by atoms with Crippen molar-refractivity contribution in [3.8, 4) is 5.75 Å². The number of nitrogens with zero attached hydrogens (tertiary/aromatic N) is 1. The number of hydrazine groups is 1. The number of amides is 1. The standard InChI is InChI=1S/C14H18F3N3O3S/c1-20(13(24)18-8-3-9-22-2)19-12(21)10-4-6-11(7-5-10)23-14(15,16)17/h4-7H,3,8-9H2,1-2H3,(H,18,24)(H,19,21). The summed E-state index contributed by atoms with van der Waals surface area (Å²) in [5, 5.41) is 4.54. The summed E-state index contributed by atoms with van der Waals surface area (Å²) in [5.41, 5.74) is 2.67. The van der Waals surface area contributed by atoms with Crippen LogP contribution in [0.3, 0.4) is 0 Å². The van der Waals surface area contributed by atoms with Crippen LogP contribution in [0.2, 0.25) is 0 Å². The number of thiocarbonyl (C=S) groups is 1. The van der Waals surface area contributed by atoms with E-state index in [0.29, 0.717) is 18.3 Å². The molecule has 6 nitrogen and oxygen atoms in total. The van der Waals surface area contributed by atoms with E-state index in [1.54, 1.807) is 14.2 Å². The third kappa shape index (κ3) is 7.47. The molecular formula is C14H18F3N3O3S. The maximum atomic E-state index is 12.1. The lowest BCUT2D eigenvalue weighted by Crippen LogP contribution is -2.48. The molecule has 0 fully saturated rings. The highest BCUT2D eigenvalue weighted by Crippen LogP contribution is 2.22. The van der Waals surface area contributed by atoms with Crippen molar-refractivity contribution in [2.24, 2.45) is 0 Å². The zero-order valence-electron chi connectivity index (χ0n) is 13.1. The molecule has 0 aliphatic heterocycles. The second-order valence-corrected chi connectivity index (χ2v) is 5.04. The summed E-state index contributed by atoms with van der Waals surface area (Å²) >= 11 is 5.09. The van der Waals surface area contributed by atoms with Gasteiger partial charge in [0.25, 0.3) is 5.91 Å². The van der Waals surface area contributed by atoms with Crippen molar-refractivity contribution in [2.75, 3.05) is 27.3 Å². The summed E-state index contributed by atoms with van der Waals surface area (Å²) in [7, 11) is 3.14. The number of nitrogens with one attached hydrogen (secondary N) is 2. The van der Waals surface area contributed by atoms with Gasteiger partial charge in [0, 0.05) is 32.9 Å². The summed E-state index contributed by atoms with van der Waals surface area (Å²) < 4.78 is 44.9. The molecule has 0 saturated heterocycles. The molecule has 0 aliphatic rings. The molecule has 0 aromatic heterocycles. The maximum Gasteiger partial charge on any atom is 0.573 e. The summed E-state index contributed by atoms with van der Waals surface area (Å²) in [6.45, 7) is 1.16. The smallest absolute Gasteiger partial charge is 0.406 e. The fourth-order valence-electron chi connectivity index (χ4n) is 1.61. The van der Waals surface area contributed by atoms with Crippen LogP contribution in [-0.2, 0) is 4.74 Å². The highest BCUT2D eigenvalue weighted by Gasteiger charge is 2.31. The first-order valence-corrected chi connectivity index (χ1v) is 7.31. The largest absolute Gasteiger partial charge is 0.573 e. The topological polar surface area (TPSA) is 62.8 Å². The van der Waals surface area contributed by atoms with Crippen molar-refractivity contribution in [2.45, 2.75) is 12.8 Å².